The largest absolute Gasteiger partial charge is 0.444 e. The lowest BCUT2D eigenvalue weighted by atomic mass is 9.84. The quantitative estimate of drug-likeness (QED) is 0.0695. The molecular formula is C48H47N3O6S2. The number of rotatable bonds is 15. The summed E-state index contributed by atoms with van der Waals surface area (Å²) in [5.74, 6) is -1.24. The zero-order chi connectivity index (χ0) is 42.0. The van der Waals surface area contributed by atoms with Crippen LogP contribution in [0.2, 0.25) is 0 Å². The van der Waals surface area contributed by atoms with Gasteiger partial charge in [-0.2, -0.15) is 0 Å². The maximum atomic E-state index is 14.4. The Bertz CT molecular complexity index is 2380. The van der Waals surface area contributed by atoms with E-state index in [1.165, 1.54) is 30.0 Å². The van der Waals surface area contributed by atoms with Crippen molar-refractivity contribution in [2.75, 3.05) is 15.8 Å². The molecule has 1 atom stereocenters. The molecule has 0 aliphatic carbocycles. The first-order valence-electron chi connectivity index (χ1n) is 19.1. The van der Waals surface area contributed by atoms with E-state index >= 15 is 0 Å². The first-order chi connectivity index (χ1) is 28.2. The Labute approximate surface area is 350 Å². The lowest BCUT2D eigenvalue weighted by molar-refractivity contribution is -0.117. The summed E-state index contributed by atoms with van der Waals surface area (Å²) >= 11 is 1.49. The van der Waals surface area contributed by atoms with E-state index in [1.54, 1.807) is 63.2 Å². The monoisotopic (exact) mass is 825 g/mol. The van der Waals surface area contributed by atoms with Gasteiger partial charge in [-0.25, -0.2) is 13.2 Å². The third kappa shape index (κ3) is 11.1. The fraction of sp³-hybridized carbons (Fsp3) is 0.188. The van der Waals surface area contributed by atoms with Gasteiger partial charge in [-0.1, -0.05) is 151 Å². The topological polar surface area (TPSA) is 131 Å². The summed E-state index contributed by atoms with van der Waals surface area (Å²) < 4.78 is 34.3. The molecule has 59 heavy (non-hydrogen) atoms. The minimum atomic E-state index is -3.96. The molecule has 0 spiro atoms. The molecule has 9 nitrogen and oxygen atoms in total. The second kappa shape index (κ2) is 18.6. The minimum Gasteiger partial charge on any atom is -0.444 e. The average Bonchev–Trinajstić information content (AvgIpc) is 3.22. The molecule has 6 aromatic carbocycles. The fourth-order valence-electron chi connectivity index (χ4n) is 6.59. The lowest BCUT2D eigenvalue weighted by Gasteiger charge is -2.36. The molecule has 0 radical (unpaired) electrons. The molecule has 3 N–H and O–H groups in total. The molecule has 11 heteroatoms. The summed E-state index contributed by atoms with van der Waals surface area (Å²) in [5, 5.41) is 5.70. The molecule has 0 heterocycles. The molecule has 0 bridgehead atoms. The summed E-state index contributed by atoms with van der Waals surface area (Å²) in [6.07, 6.45) is -0.777. The highest BCUT2D eigenvalue weighted by Gasteiger charge is 2.39. The first kappa shape index (κ1) is 42.4. The number of ketones is 1. The summed E-state index contributed by atoms with van der Waals surface area (Å²) in [4.78, 5) is 41.8. The number of benzene rings is 6. The van der Waals surface area contributed by atoms with Gasteiger partial charge in [0.1, 0.15) is 11.6 Å². The molecule has 0 saturated heterocycles. The van der Waals surface area contributed by atoms with Gasteiger partial charge in [0.2, 0.25) is 15.9 Å². The molecule has 0 aliphatic heterocycles. The number of alkyl carbamates (subject to hydrolysis) is 1. The number of aryl methyl sites for hydroxylation is 1. The van der Waals surface area contributed by atoms with Gasteiger partial charge in [0, 0.05) is 22.6 Å². The second-order valence-electron chi connectivity index (χ2n) is 15.1. The standard InChI is InChI=1S/C48H47N3O6S2/c1-34-25-27-35(28-26-34)33-59(55,56)51-42-30-29-40(31-41(42)44(52)36-17-9-5-10-18-36)49-45(53)43(50-46(54)57-47(2,3)4)32-58-48(37-19-11-6-12-20-37,38-21-13-7-14-22-38)39-23-15-8-16-24-39/h5-31,43,51H,32-33H2,1-4H3,(H,49,53)(H,50,54)/t43-/m0/s1. The lowest BCUT2D eigenvalue weighted by Crippen LogP contribution is -2.48. The highest BCUT2D eigenvalue weighted by atomic mass is 32.2. The van der Waals surface area contributed by atoms with Gasteiger partial charge >= 0.3 is 6.09 Å². The number of thioether (sulfide) groups is 1. The summed E-state index contributed by atoms with van der Waals surface area (Å²) in [7, 11) is -3.96. The van der Waals surface area contributed by atoms with E-state index in [9.17, 15) is 22.8 Å². The Morgan fingerprint density at radius 1 is 0.678 bits per heavy atom. The average molecular weight is 826 g/mol. The zero-order valence-electron chi connectivity index (χ0n) is 33.3. The van der Waals surface area contributed by atoms with Crippen molar-refractivity contribution in [3.8, 4) is 0 Å². The molecule has 2 amide bonds. The maximum Gasteiger partial charge on any atom is 0.408 e. The molecule has 6 rings (SSSR count). The number of hydrogen-bond acceptors (Lipinski definition) is 7. The van der Waals surface area contributed by atoms with E-state index in [0.717, 1.165) is 22.3 Å². The van der Waals surface area contributed by atoms with E-state index in [4.69, 9.17) is 4.74 Å². The van der Waals surface area contributed by atoms with Crippen molar-refractivity contribution >= 4 is 50.9 Å². The van der Waals surface area contributed by atoms with Crippen LogP contribution in [0.4, 0.5) is 16.2 Å². The van der Waals surface area contributed by atoms with Gasteiger partial charge in [0.05, 0.1) is 16.2 Å². The van der Waals surface area contributed by atoms with E-state index in [0.29, 0.717) is 11.1 Å². The number of anilines is 2. The second-order valence-corrected chi connectivity index (χ2v) is 18.0. The SMILES string of the molecule is Cc1ccc(CS(=O)(=O)Nc2ccc(NC(=O)[C@H](CSC(c3ccccc3)(c3ccccc3)c3ccccc3)NC(=O)OC(C)(C)C)cc2C(=O)c2ccccc2)cc1. The first-order valence-corrected chi connectivity index (χ1v) is 21.8. The molecule has 302 valence electrons. The number of carbonyl (C=O) groups is 3. The Morgan fingerprint density at radius 2 is 1.19 bits per heavy atom. The highest BCUT2D eigenvalue weighted by Crippen LogP contribution is 2.48. The van der Waals surface area contributed by atoms with Crippen LogP contribution in [0.25, 0.3) is 0 Å². The van der Waals surface area contributed by atoms with Gasteiger partial charge < -0.3 is 15.4 Å². The van der Waals surface area contributed by atoms with Gasteiger partial charge in [0.15, 0.2) is 5.78 Å². The van der Waals surface area contributed by atoms with E-state index in [2.05, 4.69) is 15.4 Å². The minimum absolute atomic E-state index is 0.0313. The molecule has 0 aliphatic rings. The summed E-state index contributed by atoms with van der Waals surface area (Å²) in [6, 6.07) is 48.9. The smallest absolute Gasteiger partial charge is 0.408 e. The predicted octanol–water partition coefficient (Wildman–Crippen LogP) is 9.73. The Balaban J connectivity index is 1.35. The van der Waals surface area contributed by atoms with Gasteiger partial charge in [-0.3, -0.25) is 14.3 Å². The van der Waals surface area contributed by atoms with Gasteiger partial charge in [-0.15, -0.1) is 11.8 Å². The number of ether oxygens (including phenoxy) is 1. The number of nitrogens with one attached hydrogen (secondary N) is 3. The predicted molar refractivity (Wildman–Crippen MR) is 237 cm³/mol. The van der Waals surface area contributed by atoms with Crippen LogP contribution in [0, 0.1) is 6.92 Å². The van der Waals surface area contributed by atoms with Crippen molar-refractivity contribution in [1.29, 1.82) is 0 Å². The normalized spacial score (nSPS) is 12.2. The van der Waals surface area contributed by atoms with E-state index < -0.39 is 44.2 Å². The highest BCUT2D eigenvalue weighted by molar-refractivity contribution is 8.00. The number of amides is 2. The van der Waals surface area contributed by atoms with Crippen LogP contribution in [0.15, 0.2) is 164 Å². The molecular weight excluding hydrogens is 779 g/mol. The van der Waals surface area contributed by atoms with Gasteiger partial charge in [0.25, 0.3) is 0 Å². The van der Waals surface area contributed by atoms with Crippen molar-refractivity contribution in [1.82, 2.24) is 5.32 Å². The van der Waals surface area contributed by atoms with E-state index in [-0.39, 0.29) is 28.4 Å². The Kier molecular flexibility index (Phi) is 13.4. The molecule has 0 fully saturated rings. The van der Waals surface area contributed by atoms with Crippen LogP contribution in [-0.4, -0.2) is 43.6 Å². The van der Waals surface area contributed by atoms with Crippen molar-refractivity contribution in [3.05, 3.63) is 203 Å². The maximum absolute atomic E-state index is 14.4. The molecule has 6 aromatic rings. The van der Waals surface area contributed by atoms with Crippen LogP contribution in [0.3, 0.4) is 0 Å². The number of carbonyl (C=O) groups excluding carboxylic acids is 3. The third-order valence-corrected chi connectivity index (χ3v) is 12.2. The van der Waals surface area contributed by atoms with Crippen LogP contribution in [0.5, 0.6) is 0 Å². The van der Waals surface area contributed by atoms with Gasteiger partial charge in [-0.05, 0) is 68.1 Å². The van der Waals surface area contributed by atoms with Crippen LogP contribution < -0.4 is 15.4 Å². The van der Waals surface area contributed by atoms with Crippen LogP contribution in [0.1, 0.15) is 64.5 Å². The molecule has 0 unspecified atom stereocenters. The Morgan fingerprint density at radius 3 is 1.69 bits per heavy atom. The number of sulfonamides is 1. The zero-order valence-corrected chi connectivity index (χ0v) is 35.0. The van der Waals surface area contributed by atoms with Crippen LogP contribution >= 0.6 is 11.8 Å². The number of hydrogen-bond donors (Lipinski definition) is 3. The van der Waals surface area contributed by atoms with Crippen molar-refractivity contribution in [2.24, 2.45) is 0 Å². The molecule has 0 saturated carbocycles. The third-order valence-electron chi connectivity index (χ3n) is 9.33. The summed E-state index contributed by atoms with van der Waals surface area (Å²) in [6.45, 7) is 7.14. The summed E-state index contributed by atoms with van der Waals surface area (Å²) in [5.41, 5.74) is 4.31. The van der Waals surface area contributed by atoms with Crippen molar-refractivity contribution < 1.29 is 27.5 Å². The fourth-order valence-corrected chi connectivity index (χ4v) is 9.37. The van der Waals surface area contributed by atoms with Crippen molar-refractivity contribution in [3.63, 3.8) is 0 Å². The Hall–Kier alpha value is -6.17. The van der Waals surface area contributed by atoms with Crippen LogP contribution in [-0.2, 0) is 30.1 Å². The van der Waals surface area contributed by atoms with E-state index in [1.807, 2.05) is 110 Å². The van der Waals surface area contributed by atoms with Crippen molar-refractivity contribution in [2.45, 2.75) is 49.8 Å². The molecule has 0 aromatic heterocycles.